The predicted molar refractivity (Wildman–Crippen MR) is 64.2 cm³/mol. The van der Waals surface area contributed by atoms with Gasteiger partial charge < -0.3 is 10.6 Å². The van der Waals surface area contributed by atoms with Crippen LogP contribution in [0.1, 0.15) is 13.8 Å². The molecule has 5 nitrogen and oxygen atoms in total. The number of nitrogens with two attached hydrogens (primary N) is 1. The minimum Gasteiger partial charge on any atom is -0.396 e. The van der Waals surface area contributed by atoms with Crippen molar-refractivity contribution in [3.63, 3.8) is 0 Å². The summed E-state index contributed by atoms with van der Waals surface area (Å²) in [4.78, 5) is 1.68. The second-order valence-corrected chi connectivity index (χ2v) is 4.73. The third-order valence-electron chi connectivity index (χ3n) is 2.43. The van der Waals surface area contributed by atoms with Gasteiger partial charge >= 0.3 is 0 Å². The van der Waals surface area contributed by atoms with E-state index in [1.54, 1.807) is 12.1 Å². The maximum atomic E-state index is 11.1. The summed E-state index contributed by atoms with van der Waals surface area (Å²) in [6, 6.07) is 4.59. The fourth-order valence-electron chi connectivity index (χ4n) is 1.60. The summed E-state index contributed by atoms with van der Waals surface area (Å²) in [6.45, 7) is 5.33. The molecule has 1 rings (SSSR count). The molecule has 1 aromatic carbocycles. The van der Waals surface area contributed by atoms with Gasteiger partial charge in [-0.05, 0) is 26.0 Å². The van der Waals surface area contributed by atoms with E-state index in [-0.39, 0.29) is 10.6 Å². The lowest BCUT2D eigenvalue weighted by atomic mass is 10.2. The Balaban J connectivity index is 3.34. The van der Waals surface area contributed by atoms with Crippen LogP contribution in [-0.2, 0) is 10.1 Å². The lowest BCUT2D eigenvalue weighted by Gasteiger charge is -2.23. The Labute approximate surface area is 95.6 Å². The highest BCUT2D eigenvalue weighted by molar-refractivity contribution is 7.86. The quantitative estimate of drug-likeness (QED) is 0.617. The van der Waals surface area contributed by atoms with Crippen LogP contribution in [0.5, 0.6) is 0 Å². The second-order valence-electron chi connectivity index (χ2n) is 3.34. The lowest BCUT2D eigenvalue weighted by molar-refractivity contribution is 0.483. The molecule has 0 spiro atoms. The topological polar surface area (TPSA) is 83.6 Å². The predicted octanol–water partition coefficient (Wildman–Crippen LogP) is 1.36. The van der Waals surface area contributed by atoms with Crippen molar-refractivity contribution >= 4 is 21.5 Å². The molecule has 1 aromatic rings. The van der Waals surface area contributed by atoms with Gasteiger partial charge in [-0.1, -0.05) is 6.07 Å². The number of para-hydroxylation sites is 1. The van der Waals surface area contributed by atoms with Crippen LogP contribution < -0.4 is 10.6 Å². The molecule has 0 amide bonds. The third-order valence-corrected chi connectivity index (χ3v) is 3.34. The Morgan fingerprint density at radius 3 is 2.31 bits per heavy atom. The summed E-state index contributed by atoms with van der Waals surface area (Å²) in [7, 11) is -4.26. The normalized spacial score (nSPS) is 11.4. The molecule has 90 valence electrons. The summed E-state index contributed by atoms with van der Waals surface area (Å²) < 4.78 is 31.1. The molecule has 0 saturated heterocycles. The first kappa shape index (κ1) is 12.8. The summed E-state index contributed by atoms with van der Waals surface area (Å²) >= 11 is 0. The summed E-state index contributed by atoms with van der Waals surface area (Å²) in [6.07, 6.45) is 0. The first-order valence-corrected chi connectivity index (χ1v) is 6.46. The Morgan fingerprint density at radius 2 is 1.88 bits per heavy atom. The zero-order chi connectivity index (χ0) is 12.3. The van der Waals surface area contributed by atoms with Crippen molar-refractivity contribution in [1.82, 2.24) is 0 Å². The maximum absolute atomic E-state index is 11.1. The van der Waals surface area contributed by atoms with Gasteiger partial charge in [-0.15, -0.1) is 0 Å². The standard InChI is InChI=1S/C10H16N2O3S/c1-3-12(4-2)8-6-5-7-9(10(8)11)16(13,14)15/h5-7H,3-4,11H2,1-2H3,(H,13,14,15). The summed E-state index contributed by atoms with van der Waals surface area (Å²) in [5.74, 6) is 0. The third kappa shape index (κ3) is 2.45. The number of hydrogen-bond donors (Lipinski definition) is 2. The van der Waals surface area contributed by atoms with E-state index in [0.29, 0.717) is 5.69 Å². The van der Waals surface area contributed by atoms with E-state index in [4.69, 9.17) is 10.3 Å². The molecule has 0 bridgehead atoms. The van der Waals surface area contributed by atoms with Crippen molar-refractivity contribution < 1.29 is 13.0 Å². The SMILES string of the molecule is CCN(CC)c1cccc(S(=O)(=O)O)c1N. The second kappa shape index (κ2) is 4.71. The van der Waals surface area contributed by atoms with Crippen molar-refractivity contribution in [3.8, 4) is 0 Å². The van der Waals surface area contributed by atoms with Crippen molar-refractivity contribution in [2.75, 3.05) is 23.7 Å². The van der Waals surface area contributed by atoms with Crippen molar-refractivity contribution in [2.24, 2.45) is 0 Å². The summed E-state index contributed by atoms with van der Waals surface area (Å²) in [5.41, 5.74) is 6.46. The van der Waals surface area contributed by atoms with Gasteiger partial charge in [-0.3, -0.25) is 4.55 Å². The molecular weight excluding hydrogens is 228 g/mol. The Morgan fingerprint density at radius 1 is 1.31 bits per heavy atom. The largest absolute Gasteiger partial charge is 0.396 e. The lowest BCUT2D eigenvalue weighted by Crippen LogP contribution is -2.23. The monoisotopic (exact) mass is 244 g/mol. The summed E-state index contributed by atoms with van der Waals surface area (Å²) in [5, 5.41) is 0. The van der Waals surface area contributed by atoms with Crippen LogP contribution in [0, 0.1) is 0 Å². The van der Waals surface area contributed by atoms with E-state index in [0.717, 1.165) is 13.1 Å². The van der Waals surface area contributed by atoms with Crippen LogP contribution in [0.3, 0.4) is 0 Å². The molecule has 6 heteroatoms. The minimum absolute atomic E-state index is 0.0914. The van der Waals surface area contributed by atoms with E-state index >= 15 is 0 Å². The fraction of sp³-hybridized carbons (Fsp3) is 0.400. The smallest absolute Gasteiger partial charge is 0.296 e. The zero-order valence-electron chi connectivity index (χ0n) is 9.34. The van der Waals surface area contributed by atoms with E-state index in [9.17, 15) is 8.42 Å². The van der Waals surface area contributed by atoms with E-state index in [1.165, 1.54) is 6.07 Å². The number of benzene rings is 1. The molecule has 0 saturated carbocycles. The molecule has 0 radical (unpaired) electrons. The molecule has 3 N–H and O–H groups in total. The van der Waals surface area contributed by atoms with Crippen molar-refractivity contribution in [3.05, 3.63) is 18.2 Å². The van der Waals surface area contributed by atoms with Crippen LogP contribution in [0.15, 0.2) is 23.1 Å². The van der Waals surface area contributed by atoms with Gasteiger partial charge in [0.15, 0.2) is 0 Å². The van der Waals surface area contributed by atoms with E-state index in [1.807, 2.05) is 18.7 Å². The zero-order valence-corrected chi connectivity index (χ0v) is 10.2. The molecule has 0 aliphatic rings. The molecule has 0 atom stereocenters. The highest BCUT2D eigenvalue weighted by Gasteiger charge is 2.17. The molecule has 0 fully saturated rings. The van der Waals surface area contributed by atoms with Crippen LogP contribution >= 0.6 is 0 Å². The Bertz CT molecular complexity index is 467. The maximum Gasteiger partial charge on any atom is 0.296 e. The van der Waals surface area contributed by atoms with Gasteiger partial charge in [0.1, 0.15) is 4.90 Å². The average molecular weight is 244 g/mol. The highest BCUT2D eigenvalue weighted by Crippen LogP contribution is 2.29. The number of rotatable bonds is 4. The van der Waals surface area contributed by atoms with Crippen LogP contribution in [0.4, 0.5) is 11.4 Å². The first-order valence-electron chi connectivity index (χ1n) is 5.02. The van der Waals surface area contributed by atoms with Gasteiger partial charge in [0.25, 0.3) is 10.1 Å². The Hall–Kier alpha value is -1.27. The molecule has 0 heterocycles. The molecule has 0 aliphatic heterocycles. The molecule has 0 unspecified atom stereocenters. The van der Waals surface area contributed by atoms with E-state index < -0.39 is 10.1 Å². The van der Waals surface area contributed by atoms with Crippen LogP contribution in [-0.4, -0.2) is 26.1 Å². The number of anilines is 2. The number of nitrogens with zero attached hydrogens (tertiary/aromatic N) is 1. The highest BCUT2D eigenvalue weighted by atomic mass is 32.2. The molecule has 0 aromatic heterocycles. The van der Waals surface area contributed by atoms with Crippen LogP contribution in [0.2, 0.25) is 0 Å². The number of nitrogen functional groups attached to an aromatic ring is 1. The van der Waals surface area contributed by atoms with Crippen molar-refractivity contribution in [2.45, 2.75) is 18.7 Å². The minimum atomic E-state index is -4.26. The Kier molecular flexibility index (Phi) is 3.77. The van der Waals surface area contributed by atoms with Gasteiger partial charge in [0.2, 0.25) is 0 Å². The first-order chi connectivity index (χ1) is 7.41. The van der Waals surface area contributed by atoms with Gasteiger partial charge in [-0.2, -0.15) is 8.42 Å². The van der Waals surface area contributed by atoms with Gasteiger partial charge in [-0.25, -0.2) is 0 Å². The van der Waals surface area contributed by atoms with Gasteiger partial charge in [0, 0.05) is 13.1 Å². The molecule has 16 heavy (non-hydrogen) atoms. The molecule has 0 aliphatic carbocycles. The molecular formula is C10H16N2O3S. The average Bonchev–Trinajstić information content (AvgIpc) is 2.20. The van der Waals surface area contributed by atoms with Crippen molar-refractivity contribution in [1.29, 1.82) is 0 Å². The number of hydrogen-bond acceptors (Lipinski definition) is 4. The fourth-order valence-corrected chi connectivity index (χ4v) is 2.23. The van der Waals surface area contributed by atoms with Crippen LogP contribution in [0.25, 0.3) is 0 Å². The van der Waals surface area contributed by atoms with E-state index in [2.05, 4.69) is 0 Å². The van der Waals surface area contributed by atoms with Gasteiger partial charge in [0.05, 0.1) is 11.4 Å².